The first-order chi connectivity index (χ1) is 9.31. The molecular formula is C12H10FN3O4. The normalized spacial score (nSPS) is 23.6. The number of nitrogens with zero attached hydrogens (tertiary/aromatic N) is 2. The van der Waals surface area contributed by atoms with Gasteiger partial charge in [0.15, 0.2) is 0 Å². The van der Waals surface area contributed by atoms with Gasteiger partial charge in [-0.2, -0.15) is 5.26 Å². The van der Waals surface area contributed by atoms with E-state index in [9.17, 15) is 24.8 Å². The highest BCUT2D eigenvalue weighted by atomic mass is 19.1. The van der Waals surface area contributed by atoms with Crippen LogP contribution in [0.5, 0.6) is 5.88 Å². The lowest BCUT2D eigenvalue weighted by atomic mass is 9.93. The minimum absolute atomic E-state index is 0.0320. The Labute approximate surface area is 111 Å². The average Bonchev–Trinajstić information content (AvgIpc) is 2.56. The molecule has 1 aliphatic rings. The summed E-state index contributed by atoms with van der Waals surface area (Å²) >= 11 is 0. The molecule has 7 nitrogen and oxygen atoms in total. The largest absolute Gasteiger partial charge is 0.492 e. The first-order valence-corrected chi connectivity index (χ1v) is 5.67. The molecule has 0 saturated carbocycles. The molecule has 0 saturated heterocycles. The summed E-state index contributed by atoms with van der Waals surface area (Å²) in [5.41, 5.74) is -2.84. The molecule has 3 rings (SSSR count). The molecule has 0 bridgehead atoms. The van der Waals surface area contributed by atoms with Gasteiger partial charge >= 0.3 is 0 Å². The van der Waals surface area contributed by atoms with Crippen LogP contribution in [-0.2, 0) is 12.1 Å². The minimum atomic E-state index is -2.70. The van der Waals surface area contributed by atoms with E-state index in [0.29, 0.717) is 0 Å². The lowest BCUT2D eigenvalue weighted by Gasteiger charge is -2.35. The fraction of sp³-hybridized carbons (Fsp3) is 0.250. The van der Waals surface area contributed by atoms with Crippen molar-refractivity contribution in [2.24, 2.45) is 0 Å². The third kappa shape index (κ3) is 1.31. The van der Waals surface area contributed by atoms with E-state index in [0.717, 1.165) is 16.8 Å². The molecule has 0 spiro atoms. The minimum Gasteiger partial charge on any atom is -0.492 e. The summed E-state index contributed by atoms with van der Waals surface area (Å²) in [4.78, 5) is 0. The third-order valence-corrected chi connectivity index (χ3v) is 3.53. The van der Waals surface area contributed by atoms with E-state index in [1.54, 1.807) is 6.07 Å². The van der Waals surface area contributed by atoms with Gasteiger partial charge < -0.3 is 20.4 Å². The molecule has 0 amide bonds. The van der Waals surface area contributed by atoms with Crippen molar-refractivity contribution in [3.8, 4) is 11.9 Å². The van der Waals surface area contributed by atoms with Crippen molar-refractivity contribution in [2.75, 3.05) is 0 Å². The Morgan fingerprint density at radius 3 is 2.55 bits per heavy atom. The van der Waals surface area contributed by atoms with Gasteiger partial charge in [0.25, 0.3) is 0 Å². The van der Waals surface area contributed by atoms with Gasteiger partial charge in [0.05, 0.1) is 18.1 Å². The van der Waals surface area contributed by atoms with Crippen LogP contribution < -0.4 is 0 Å². The van der Waals surface area contributed by atoms with Gasteiger partial charge in [-0.15, -0.1) is 0 Å². The Morgan fingerprint density at radius 1 is 1.35 bits per heavy atom. The summed E-state index contributed by atoms with van der Waals surface area (Å²) < 4.78 is 14.9. The summed E-state index contributed by atoms with van der Waals surface area (Å²) in [5.74, 6) is -3.98. The molecule has 5 N–H and O–H groups in total. The number of aromatic hydroxyl groups is 1. The molecule has 104 valence electrons. The monoisotopic (exact) mass is 279 g/mol. The second kappa shape index (κ2) is 3.61. The quantitative estimate of drug-likeness (QED) is 0.448. The van der Waals surface area contributed by atoms with Crippen molar-refractivity contribution in [3.05, 3.63) is 40.8 Å². The van der Waals surface area contributed by atoms with Crippen LogP contribution in [0, 0.1) is 17.1 Å². The van der Waals surface area contributed by atoms with Crippen molar-refractivity contribution in [2.45, 2.75) is 17.9 Å². The first-order valence-electron chi connectivity index (χ1n) is 5.67. The van der Waals surface area contributed by atoms with Gasteiger partial charge in [-0.1, -0.05) is 0 Å². The zero-order chi connectivity index (χ0) is 14.7. The number of aromatic nitrogens is 2. The number of aliphatic hydroxyl groups is 3. The average molecular weight is 279 g/mol. The molecule has 2 aromatic rings. The van der Waals surface area contributed by atoms with Crippen LogP contribution >= 0.6 is 0 Å². The van der Waals surface area contributed by atoms with E-state index in [1.165, 1.54) is 6.07 Å². The molecule has 0 radical (unpaired) electrons. The molecule has 20 heavy (non-hydrogen) atoms. The van der Waals surface area contributed by atoms with Gasteiger partial charge in [0, 0.05) is 5.56 Å². The van der Waals surface area contributed by atoms with Crippen LogP contribution in [0.1, 0.15) is 16.8 Å². The van der Waals surface area contributed by atoms with Crippen molar-refractivity contribution in [1.82, 2.24) is 9.78 Å². The second-order valence-corrected chi connectivity index (χ2v) is 4.71. The Morgan fingerprint density at radius 2 is 2.05 bits per heavy atom. The van der Waals surface area contributed by atoms with Crippen LogP contribution in [0.4, 0.5) is 4.39 Å². The number of rotatable bonds is 1. The summed E-state index contributed by atoms with van der Waals surface area (Å²) in [6.07, 6.45) is -0.470. The standard InChI is InChI=1S/C12H10FN3O4/c13-8-3-6(5-14)1-2-7(8)12(20)11(18,19)4-9-10(17)15-16(9)12/h1-3,15,17-20H,4H2. The van der Waals surface area contributed by atoms with Crippen LogP contribution in [0.3, 0.4) is 0 Å². The highest BCUT2D eigenvalue weighted by Crippen LogP contribution is 2.46. The van der Waals surface area contributed by atoms with E-state index in [-0.39, 0.29) is 17.1 Å². The number of fused-ring (bicyclic) bond motifs is 1. The number of benzene rings is 1. The molecule has 1 aromatic carbocycles. The Hall–Kier alpha value is -2.34. The van der Waals surface area contributed by atoms with Crippen LogP contribution in [0.25, 0.3) is 0 Å². The summed E-state index contributed by atoms with van der Waals surface area (Å²) in [6.45, 7) is 0. The number of H-pyrrole nitrogens is 1. The Balaban J connectivity index is 2.21. The van der Waals surface area contributed by atoms with Gasteiger partial charge in [0.1, 0.15) is 11.5 Å². The molecule has 0 aliphatic carbocycles. The van der Waals surface area contributed by atoms with Gasteiger partial charge in [-0.25, -0.2) is 9.07 Å². The number of hydrogen-bond donors (Lipinski definition) is 5. The lowest BCUT2D eigenvalue weighted by Crippen LogP contribution is -2.54. The molecule has 0 fully saturated rings. The third-order valence-electron chi connectivity index (χ3n) is 3.53. The van der Waals surface area contributed by atoms with Crippen molar-refractivity contribution < 1.29 is 24.8 Å². The molecule has 1 aliphatic heterocycles. The second-order valence-electron chi connectivity index (χ2n) is 4.71. The van der Waals surface area contributed by atoms with Crippen molar-refractivity contribution in [3.63, 3.8) is 0 Å². The zero-order valence-electron chi connectivity index (χ0n) is 10.0. The number of halogens is 1. The fourth-order valence-electron chi connectivity index (χ4n) is 2.47. The van der Waals surface area contributed by atoms with E-state index in [1.807, 2.05) is 0 Å². The van der Waals surface area contributed by atoms with Crippen molar-refractivity contribution in [1.29, 1.82) is 5.26 Å². The summed E-state index contributed by atoms with van der Waals surface area (Å²) in [6, 6.07) is 4.95. The van der Waals surface area contributed by atoms with E-state index >= 15 is 0 Å². The van der Waals surface area contributed by atoms with Crippen LogP contribution in [0.2, 0.25) is 0 Å². The number of hydrogen-bond acceptors (Lipinski definition) is 5. The predicted molar refractivity (Wildman–Crippen MR) is 61.7 cm³/mol. The van der Waals surface area contributed by atoms with E-state index in [2.05, 4.69) is 5.10 Å². The summed E-state index contributed by atoms with van der Waals surface area (Å²) in [5, 5.41) is 50.8. The number of nitriles is 1. The first kappa shape index (κ1) is 12.7. The SMILES string of the molecule is N#Cc1ccc(C2(O)n3[nH]c(O)c3CC2(O)O)c(F)c1. The highest BCUT2D eigenvalue weighted by Gasteiger charge is 2.61. The molecular weight excluding hydrogens is 269 g/mol. The van der Waals surface area contributed by atoms with Gasteiger partial charge in [0.2, 0.25) is 17.4 Å². The van der Waals surface area contributed by atoms with Gasteiger partial charge in [-0.05, 0) is 18.2 Å². The smallest absolute Gasteiger partial charge is 0.240 e. The Bertz CT molecular complexity index is 742. The van der Waals surface area contributed by atoms with Crippen LogP contribution in [0.15, 0.2) is 18.2 Å². The fourth-order valence-corrected chi connectivity index (χ4v) is 2.47. The number of nitrogens with one attached hydrogen (secondary N) is 1. The maximum Gasteiger partial charge on any atom is 0.240 e. The van der Waals surface area contributed by atoms with Crippen LogP contribution in [-0.4, -0.2) is 36.0 Å². The topological polar surface area (TPSA) is 125 Å². The maximum atomic E-state index is 14.0. The Kier molecular flexibility index (Phi) is 2.29. The van der Waals surface area contributed by atoms with E-state index in [4.69, 9.17) is 5.26 Å². The summed E-state index contributed by atoms with van der Waals surface area (Å²) in [7, 11) is 0. The highest BCUT2D eigenvalue weighted by molar-refractivity contribution is 5.40. The molecule has 8 heteroatoms. The lowest BCUT2D eigenvalue weighted by molar-refractivity contribution is -0.279. The van der Waals surface area contributed by atoms with E-state index < -0.39 is 29.3 Å². The molecule has 1 aromatic heterocycles. The van der Waals surface area contributed by atoms with Crippen molar-refractivity contribution >= 4 is 0 Å². The molecule has 1 unspecified atom stereocenters. The maximum absolute atomic E-state index is 14.0. The predicted octanol–water partition coefficient (Wildman–Crippen LogP) is -0.537. The zero-order valence-corrected chi connectivity index (χ0v) is 10.0. The molecule has 2 heterocycles. The molecule has 1 atom stereocenters. The van der Waals surface area contributed by atoms with Gasteiger partial charge in [-0.3, -0.25) is 5.10 Å². The number of aromatic amines is 1.